The van der Waals surface area contributed by atoms with Gasteiger partial charge in [0.05, 0.1) is 16.8 Å². The third-order valence-corrected chi connectivity index (χ3v) is 5.63. The maximum absolute atomic E-state index is 11.7. The normalized spacial score (nSPS) is 22.3. The average molecular weight is 346 g/mol. The summed E-state index contributed by atoms with van der Waals surface area (Å²) in [4.78, 5) is 13.9. The van der Waals surface area contributed by atoms with Crippen LogP contribution in [0.25, 0.3) is 0 Å². The number of hydrogen-bond acceptors (Lipinski definition) is 5. The summed E-state index contributed by atoms with van der Waals surface area (Å²) in [5, 5.41) is 12.9. The second-order valence-electron chi connectivity index (χ2n) is 7.84. The Hall–Kier alpha value is -1.57. The van der Waals surface area contributed by atoms with E-state index in [4.69, 9.17) is 9.31 Å². The summed E-state index contributed by atoms with van der Waals surface area (Å²) in [5.74, 6) is -0.936. The summed E-state index contributed by atoms with van der Waals surface area (Å²) in [6.45, 7) is 13.5. The third-order valence-electron chi connectivity index (χ3n) is 5.63. The monoisotopic (exact) mass is 346 g/mol. The van der Waals surface area contributed by atoms with Crippen molar-refractivity contribution in [1.29, 1.82) is 0 Å². The summed E-state index contributed by atoms with van der Waals surface area (Å²) in [6, 6.07) is 3.45. The summed E-state index contributed by atoms with van der Waals surface area (Å²) >= 11 is 0. The Morgan fingerprint density at radius 2 is 1.72 bits per heavy atom. The predicted octanol–water partition coefficient (Wildman–Crippen LogP) is 1.40. The van der Waals surface area contributed by atoms with Gasteiger partial charge < -0.3 is 24.6 Å². The van der Waals surface area contributed by atoms with E-state index in [1.807, 2.05) is 34.6 Å². The van der Waals surface area contributed by atoms with E-state index in [0.29, 0.717) is 0 Å². The van der Waals surface area contributed by atoms with Gasteiger partial charge in [-0.1, -0.05) is 0 Å². The molecule has 0 atom stereocenters. The minimum Gasteiger partial charge on any atom is -0.478 e. The van der Waals surface area contributed by atoms with Gasteiger partial charge in [-0.3, -0.25) is 0 Å². The highest BCUT2D eigenvalue weighted by Gasteiger charge is 2.52. The second-order valence-corrected chi connectivity index (χ2v) is 7.84. The summed E-state index contributed by atoms with van der Waals surface area (Å²) < 4.78 is 12.3. The Balaban J connectivity index is 2.04. The molecule has 2 fully saturated rings. The van der Waals surface area contributed by atoms with Crippen molar-refractivity contribution in [1.82, 2.24) is 5.32 Å². The zero-order valence-electron chi connectivity index (χ0n) is 15.7. The van der Waals surface area contributed by atoms with Crippen molar-refractivity contribution in [2.75, 3.05) is 31.1 Å². The lowest BCUT2D eigenvalue weighted by Crippen LogP contribution is -2.45. The van der Waals surface area contributed by atoms with E-state index in [0.717, 1.165) is 42.9 Å². The first-order chi connectivity index (χ1) is 11.6. The van der Waals surface area contributed by atoms with Crippen LogP contribution >= 0.6 is 0 Å². The molecular formula is C18H27BN2O4. The lowest BCUT2D eigenvalue weighted by Gasteiger charge is -2.32. The van der Waals surface area contributed by atoms with E-state index >= 15 is 0 Å². The van der Waals surface area contributed by atoms with Crippen LogP contribution in [0.1, 0.15) is 43.6 Å². The smallest absolute Gasteiger partial charge is 0.478 e. The van der Waals surface area contributed by atoms with Crippen molar-refractivity contribution in [3.8, 4) is 0 Å². The van der Waals surface area contributed by atoms with Crippen LogP contribution in [-0.4, -0.2) is 55.6 Å². The highest BCUT2D eigenvalue weighted by atomic mass is 16.7. The lowest BCUT2D eigenvalue weighted by atomic mass is 9.74. The summed E-state index contributed by atoms with van der Waals surface area (Å²) in [7, 11) is -0.564. The topological polar surface area (TPSA) is 71.0 Å². The molecule has 1 aromatic carbocycles. The molecule has 0 saturated carbocycles. The van der Waals surface area contributed by atoms with Gasteiger partial charge in [0.2, 0.25) is 0 Å². The molecule has 0 aromatic heterocycles. The summed E-state index contributed by atoms with van der Waals surface area (Å²) in [6.07, 6.45) is 0. The number of carboxylic acid groups (broad SMARTS) is 1. The van der Waals surface area contributed by atoms with E-state index < -0.39 is 24.3 Å². The van der Waals surface area contributed by atoms with Crippen LogP contribution in [-0.2, 0) is 9.31 Å². The van der Waals surface area contributed by atoms with Crippen LogP contribution < -0.4 is 15.7 Å². The predicted molar refractivity (Wildman–Crippen MR) is 98.9 cm³/mol. The van der Waals surface area contributed by atoms with Crippen molar-refractivity contribution in [3.05, 3.63) is 23.3 Å². The first-order valence-corrected chi connectivity index (χ1v) is 8.81. The molecule has 2 aliphatic rings. The molecule has 1 aromatic rings. The Bertz CT molecular complexity index is 668. The molecule has 0 aliphatic carbocycles. The largest absolute Gasteiger partial charge is 0.495 e. The first kappa shape index (κ1) is 18.2. The molecule has 6 nitrogen and oxygen atoms in total. The third kappa shape index (κ3) is 3.28. The van der Waals surface area contributed by atoms with Gasteiger partial charge in [0.25, 0.3) is 0 Å². The molecule has 0 unspecified atom stereocenters. The highest BCUT2D eigenvalue weighted by molar-refractivity contribution is 6.63. The molecule has 2 saturated heterocycles. The zero-order chi connectivity index (χ0) is 18.4. The minimum absolute atomic E-state index is 0.267. The van der Waals surface area contributed by atoms with Gasteiger partial charge >= 0.3 is 13.1 Å². The van der Waals surface area contributed by atoms with Gasteiger partial charge in [0, 0.05) is 31.9 Å². The average Bonchev–Trinajstić information content (AvgIpc) is 2.76. The zero-order valence-corrected chi connectivity index (χ0v) is 15.7. The number of nitrogens with zero attached hydrogens (tertiary/aromatic N) is 1. The molecule has 0 bridgehead atoms. The SMILES string of the molecule is Cc1c(B2OC(C)(C)C(C)(C)O2)cc(C(=O)O)cc1N1CCNCC1. The molecule has 2 N–H and O–H groups in total. The fraction of sp³-hybridized carbons (Fsp3) is 0.611. The quantitative estimate of drug-likeness (QED) is 0.807. The second kappa shape index (κ2) is 6.30. The number of anilines is 1. The number of carboxylic acids is 1. The fourth-order valence-corrected chi connectivity index (χ4v) is 3.29. The van der Waals surface area contributed by atoms with Crippen LogP contribution in [0.4, 0.5) is 5.69 Å². The van der Waals surface area contributed by atoms with Gasteiger partial charge in [-0.15, -0.1) is 0 Å². The Morgan fingerprint density at radius 1 is 1.16 bits per heavy atom. The molecule has 2 heterocycles. The van der Waals surface area contributed by atoms with E-state index in [1.54, 1.807) is 12.1 Å². The molecule has 2 aliphatic heterocycles. The van der Waals surface area contributed by atoms with Crippen LogP contribution in [0.5, 0.6) is 0 Å². The standard InChI is InChI=1S/C18H27BN2O4/c1-12-14(19-24-17(2,3)18(4,5)25-19)10-13(16(22)23)11-15(12)21-8-6-20-7-9-21/h10-11,20H,6-9H2,1-5H3,(H,22,23). The molecule has 25 heavy (non-hydrogen) atoms. The fourth-order valence-electron chi connectivity index (χ4n) is 3.29. The van der Waals surface area contributed by atoms with Crippen LogP contribution in [0, 0.1) is 6.92 Å². The van der Waals surface area contributed by atoms with Gasteiger partial charge in [-0.2, -0.15) is 0 Å². The number of rotatable bonds is 3. The van der Waals surface area contributed by atoms with Gasteiger partial charge in [0.15, 0.2) is 0 Å². The van der Waals surface area contributed by atoms with E-state index in [-0.39, 0.29) is 5.56 Å². The highest BCUT2D eigenvalue weighted by Crippen LogP contribution is 2.37. The van der Waals surface area contributed by atoms with Gasteiger partial charge in [-0.25, -0.2) is 4.79 Å². The number of benzene rings is 1. The first-order valence-electron chi connectivity index (χ1n) is 8.81. The van der Waals surface area contributed by atoms with Crippen molar-refractivity contribution in [2.24, 2.45) is 0 Å². The molecule has 3 rings (SSSR count). The molecule has 136 valence electrons. The number of nitrogens with one attached hydrogen (secondary N) is 1. The summed E-state index contributed by atoms with van der Waals surface area (Å²) in [5.41, 5.74) is 2.12. The van der Waals surface area contributed by atoms with Crippen molar-refractivity contribution < 1.29 is 19.2 Å². The van der Waals surface area contributed by atoms with E-state index in [2.05, 4.69) is 10.2 Å². The molecule has 7 heteroatoms. The Morgan fingerprint density at radius 3 is 2.24 bits per heavy atom. The number of carbonyl (C=O) groups is 1. The maximum Gasteiger partial charge on any atom is 0.495 e. The number of piperazine rings is 1. The lowest BCUT2D eigenvalue weighted by molar-refractivity contribution is 0.00578. The van der Waals surface area contributed by atoms with E-state index in [1.165, 1.54) is 0 Å². The van der Waals surface area contributed by atoms with E-state index in [9.17, 15) is 9.90 Å². The van der Waals surface area contributed by atoms with Crippen LogP contribution in [0.2, 0.25) is 0 Å². The van der Waals surface area contributed by atoms with Gasteiger partial charge in [0.1, 0.15) is 0 Å². The Labute approximate surface area is 149 Å². The molecule has 0 amide bonds. The molecule has 0 radical (unpaired) electrons. The van der Waals surface area contributed by atoms with Crippen molar-refractivity contribution in [3.63, 3.8) is 0 Å². The minimum atomic E-state index is -0.936. The Kier molecular flexibility index (Phi) is 4.60. The van der Waals surface area contributed by atoms with Crippen LogP contribution in [0.15, 0.2) is 12.1 Å². The van der Waals surface area contributed by atoms with Crippen molar-refractivity contribution in [2.45, 2.75) is 45.8 Å². The number of aromatic carboxylic acids is 1. The molecule has 0 spiro atoms. The number of hydrogen-bond donors (Lipinski definition) is 2. The van der Waals surface area contributed by atoms with Crippen molar-refractivity contribution >= 4 is 24.2 Å². The molecular weight excluding hydrogens is 319 g/mol. The van der Waals surface area contributed by atoms with Crippen LogP contribution in [0.3, 0.4) is 0 Å². The maximum atomic E-state index is 11.7. The van der Waals surface area contributed by atoms with Gasteiger partial charge in [-0.05, 0) is 57.8 Å².